The Labute approximate surface area is 125 Å². The van der Waals surface area contributed by atoms with Crippen molar-refractivity contribution in [2.75, 3.05) is 13.1 Å². The second kappa shape index (κ2) is 6.72. The minimum atomic E-state index is -0.0635. The summed E-state index contributed by atoms with van der Waals surface area (Å²) >= 11 is 0. The predicted molar refractivity (Wildman–Crippen MR) is 79.9 cm³/mol. The smallest absolute Gasteiger partial charge is 0.254 e. The minimum absolute atomic E-state index is 0.0306. The second-order valence-corrected chi connectivity index (χ2v) is 5.57. The maximum Gasteiger partial charge on any atom is 0.254 e. The lowest BCUT2D eigenvalue weighted by Crippen LogP contribution is -2.48. The van der Waals surface area contributed by atoms with Crippen molar-refractivity contribution in [2.45, 2.75) is 39.5 Å². The van der Waals surface area contributed by atoms with Gasteiger partial charge in [0.1, 0.15) is 0 Å². The number of hydrogen-bond donors (Lipinski definition) is 1. The summed E-state index contributed by atoms with van der Waals surface area (Å²) in [5.74, 6) is -0.0329. The Bertz CT molecular complexity index is 503. The molecule has 1 aromatic rings. The molecule has 21 heavy (non-hydrogen) atoms. The van der Waals surface area contributed by atoms with E-state index in [0.717, 1.165) is 5.56 Å². The molecule has 1 aliphatic rings. The van der Waals surface area contributed by atoms with Crippen LogP contribution < -0.4 is 5.32 Å². The molecule has 1 saturated heterocycles. The summed E-state index contributed by atoms with van der Waals surface area (Å²) in [4.78, 5) is 25.2. The normalized spacial score (nSPS) is 22.0. The Kier molecular flexibility index (Phi) is 4.96. The van der Waals surface area contributed by atoms with E-state index >= 15 is 0 Å². The molecule has 1 fully saturated rings. The third-order valence-corrected chi connectivity index (χ3v) is 3.45. The molecule has 114 valence electrons. The predicted octanol–water partition coefficient (Wildman–Crippen LogP) is 1.57. The van der Waals surface area contributed by atoms with Gasteiger partial charge in [-0.05, 0) is 31.5 Å². The number of carbonyl (C=O) groups is 2. The summed E-state index contributed by atoms with van der Waals surface area (Å²) in [5, 5.41) is 2.73. The zero-order valence-electron chi connectivity index (χ0n) is 12.8. The monoisotopic (exact) mass is 290 g/mol. The molecule has 0 aromatic heterocycles. The lowest BCUT2D eigenvalue weighted by Gasteiger charge is -2.35. The number of hydrogen-bond acceptors (Lipinski definition) is 3. The molecule has 5 heteroatoms. The van der Waals surface area contributed by atoms with E-state index in [-0.39, 0.29) is 24.0 Å². The standard InChI is InChI=1S/C16H22N2O3/c1-11-9-18(10-12(2)21-11)16(20)15-6-4-14(5-7-15)8-17-13(3)19/h4-7,11-12H,8-10H2,1-3H3,(H,17,19)/t11-,12-/m0/s1. The number of amides is 2. The lowest BCUT2D eigenvalue weighted by molar-refractivity contribution is -0.119. The van der Waals surface area contributed by atoms with Crippen LogP contribution in [0.15, 0.2) is 24.3 Å². The van der Waals surface area contributed by atoms with Gasteiger partial charge in [0.05, 0.1) is 12.2 Å². The van der Waals surface area contributed by atoms with Crippen molar-refractivity contribution >= 4 is 11.8 Å². The van der Waals surface area contributed by atoms with Crippen LogP contribution in [0.2, 0.25) is 0 Å². The van der Waals surface area contributed by atoms with Crippen molar-refractivity contribution < 1.29 is 14.3 Å². The molecule has 0 aliphatic carbocycles. The molecule has 1 aromatic carbocycles. The highest BCUT2D eigenvalue weighted by molar-refractivity contribution is 5.94. The first-order valence-corrected chi connectivity index (χ1v) is 7.24. The van der Waals surface area contributed by atoms with Crippen LogP contribution in [0, 0.1) is 0 Å². The van der Waals surface area contributed by atoms with Crippen molar-refractivity contribution in [3.63, 3.8) is 0 Å². The Morgan fingerprint density at radius 3 is 2.29 bits per heavy atom. The van der Waals surface area contributed by atoms with Gasteiger partial charge in [0.2, 0.25) is 5.91 Å². The van der Waals surface area contributed by atoms with Crippen LogP contribution in [-0.4, -0.2) is 42.0 Å². The van der Waals surface area contributed by atoms with Crippen molar-refractivity contribution in [1.29, 1.82) is 0 Å². The molecular formula is C16H22N2O3. The van der Waals surface area contributed by atoms with Crippen LogP contribution in [0.25, 0.3) is 0 Å². The van der Waals surface area contributed by atoms with Crippen LogP contribution >= 0.6 is 0 Å². The molecule has 1 N–H and O–H groups in total. The highest BCUT2D eigenvalue weighted by Gasteiger charge is 2.26. The molecule has 1 heterocycles. The van der Waals surface area contributed by atoms with Gasteiger partial charge in [-0.1, -0.05) is 12.1 Å². The van der Waals surface area contributed by atoms with Gasteiger partial charge < -0.3 is 15.0 Å². The topological polar surface area (TPSA) is 58.6 Å². The highest BCUT2D eigenvalue weighted by atomic mass is 16.5. The molecule has 0 saturated carbocycles. The first-order chi connectivity index (χ1) is 9.95. The summed E-state index contributed by atoms with van der Waals surface area (Å²) in [6.45, 7) is 7.17. The van der Waals surface area contributed by atoms with E-state index in [1.165, 1.54) is 6.92 Å². The number of nitrogens with zero attached hydrogens (tertiary/aromatic N) is 1. The van der Waals surface area contributed by atoms with Crippen LogP contribution in [0.5, 0.6) is 0 Å². The molecule has 2 amide bonds. The Morgan fingerprint density at radius 2 is 1.76 bits per heavy atom. The fourth-order valence-corrected chi connectivity index (χ4v) is 2.52. The van der Waals surface area contributed by atoms with Crippen LogP contribution in [0.1, 0.15) is 36.7 Å². The first kappa shape index (κ1) is 15.5. The number of morpholine rings is 1. The van der Waals surface area contributed by atoms with Crippen LogP contribution in [0.3, 0.4) is 0 Å². The molecular weight excluding hydrogens is 268 g/mol. The lowest BCUT2D eigenvalue weighted by atomic mass is 10.1. The number of carbonyl (C=O) groups excluding carboxylic acids is 2. The molecule has 2 atom stereocenters. The third kappa shape index (κ3) is 4.29. The highest BCUT2D eigenvalue weighted by Crippen LogP contribution is 2.15. The largest absolute Gasteiger partial charge is 0.372 e. The van der Waals surface area contributed by atoms with E-state index in [1.54, 1.807) is 0 Å². The Balaban J connectivity index is 2.00. The summed E-state index contributed by atoms with van der Waals surface area (Å²) in [7, 11) is 0. The van der Waals surface area contributed by atoms with Gasteiger partial charge in [-0.15, -0.1) is 0 Å². The van der Waals surface area contributed by atoms with Crippen molar-refractivity contribution in [3.8, 4) is 0 Å². The van der Waals surface area contributed by atoms with Gasteiger partial charge >= 0.3 is 0 Å². The number of ether oxygens (including phenoxy) is 1. The summed E-state index contributed by atoms with van der Waals surface area (Å²) in [5.41, 5.74) is 1.65. The molecule has 0 spiro atoms. The quantitative estimate of drug-likeness (QED) is 0.919. The molecule has 5 nitrogen and oxygen atoms in total. The fraction of sp³-hybridized carbons (Fsp3) is 0.500. The van der Waals surface area contributed by atoms with Gasteiger partial charge in [0.15, 0.2) is 0 Å². The van der Waals surface area contributed by atoms with Crippen molar-refractivity contribution in [2.24, 2.45) is 0 Å². The molecule has 0 bridgehead atoms. The molecule has 1 aliphatic heterocycles. The molecule has 2 rings (SSSR count). The third-order valence-electron chi connectivity index (χ3n) is 3.45. The van der Waals surface area contributed by atoms with E-state index in [9.17, 15) is 9.59 Å². The number of benzene rings is 1. The van der Waals surface area contributed by atoms with Crippen LogP contribution in [0.4, 0.5) is 0 Å². The van der Waals surface area contributed by atoms with Crippen molar-refractivity contribution in [3.05, 3.63) is 35.4 Å². The molecule has 0 unspecified atom stereocenters. The second-order valence-electron chi connectivity index (χ2n) is 5.57. The van der Waals surface area contributed by atoms with Gasteiger partial charge in [0, 0.05) is 32.1 Å². The van der Waals surface area contributed by atoms with E-state index in [1.807, 2.05) is 43.0 Å². The number of rotatable bonds is 3. The van der Waals surface area contributed by atoms with Gasteiger partial charge in [-0.2, -0.15) is 0 Å². The maximum absolute atomic E-state index is 12.5. The van der Waals surface area contributed by atoms with Crippen molar-refractivity contribution in [1.82, 2.24) is 10.2 Å². The molecule has 0 radical (unpaired) electrons. The van der Waals surface area contributed by atoms with Gasteiger partial charge in [-0.25, -0.2) is 0 Å². The zero-order chi connectivity index (χ0) is 15.4. The maximum atomic E-state index is 12.5. The van der Waals surface area contributed by atoms with E-state index in [0.29, 0.717) is 25.2 Å². The minimum Gasteiger partial charge on any atom is -0.372 e. The Hall–Kier alpha value is -1.88. The average Bonchev–Trinajstić information content (AvgIpc) is 2.44. The fourth-order valence-electron chi connectivity index (χ4n) is 2.52. The average molecular weight is 290 g/mol. The summed E-state index contributed by atoms with van der Waals surface area (Å²) in [6, 6.07) is 7.36. The van der Waals surface area contributed by atoms with Gasteiger partial charge in [0.25, 0.3) is 5.91 Å². The number of nitrogens with one attached hydrogen (secondary N) is 1. The van der Waals surface area contributed by atoms with E-state index in [2.05, 4.69) is 5.32 Å². The summed E-state index contributed by atoms with van der Waals surface area (Å²) < 4.78 is 5.64. The van der Waals surface area contributed by atoms with Crippen LogP contribution in [-0.2, 0) is 16.1 Å². The van der Waals surface area contributed by atoms with E-state index < -0.39 is 0 Å². The zero-order valence-corrected chi connectivity index (χ0v) is 12.8. The van der Waals surface area contributed by atoms with Gasteiger partial charge in [-0.3, -0.25) is 9.59 Å². The SMILES string of the molecule is CC(=O)NCc1ccc(C(=O)N2C[C@H](C)O[C@@H](C)C2)cc1. The Morgan fingerprint density at radius 1 is 1.19 bits per heavy atom. The summed E-state index contributed by atoms with van der Waals surface area (Å²) in [6.07, 6.45) is 0.133. The first-order valence-electron chi connectivity index (χ1n) is 7.24. The van der Waals surface area contributed by atoms with E-state index in [4.69, 9.17) is 4.74 Å².